The summed E-state index contributed by atoms with van der Waals surface area (Å²) in [5, 5.41) is 3.48. The molecule has 3 heterocycles. The van der Waals surface area contributed by atoms with E-state index in [9.17, 15) is 4.79 Å². The van der Waals surface area contributed by atoms with E-state index in [1.54, 1.807) is 55.0 Å². The van der Waals surface area contributed by atoms with Crippen LogP contribution in [0.3, 0.4) is 0 Å². The highest BCUT2D eigenvalue weighted by Crippen LogP contribution is 2.23. The largest absolute Gasteiger partial charge is 0.487 e. The summed E-state index contributed by atoms with van der Waals surface area (Å²) in [5.74, 6) is 1.21. The molecule has 7 nitrogen and oxygen atoms in total. The molecule has 0 radical (unpaired) electrons. The number of ether oxygens (including phenoxy) is 2. The molecule has 8 heteroatoms. The number of pyridine rings is 2. The first-order valence-electron chi connectivity index (χ1n) is 9.60. The lowest BCUT2D eigenvalue weighted by Gasteiger charge is -2.27. The predicted molar refractivity (Wildman–Crippen MR) is 115 cm³/mol. The van der Waals surface area contributed by atoms with Crippen LogP contribution >= 0.6 is 11.6 Å². The molecule has 4 rings (SSSR count). The molecule has 3 aromatic rings. The first kappa shape index (κ1) is 20.1. The summed E-state index contributed by atoms with van der Waals surface area (Å²) >= 11 is 6.29. The van der Waals surface area contributed by atoms with Crippen LogP contribution in [0.25, 0.3) is 0 Å². The van der Waals surface area contributed by atoms with Crippen molar-refractivity contribution in [1.82, 2.24) is 9.97 Å². The summed E-state index contributed by atoms with van der Waals surface area (Å²) in [4.78, 5) is 23.3. The van der Waals surface area contributed by atoms with E-state index in [0.29, 0.717) is 35.2 Å². The highest BCUT2D eigenvalue weighted by molar-refractivity contribution is 6.31. The van der Waals surface area contributed by atoms with Gasteiger partial charge in [-0.2, -0.15) is 0 Å². The zero-order valence-corrected chi connectivity index (χ0v) is 17.0. The summed E-state index contributed by atoms with van der Waals surface area (Å²) in [6.45, 7) is 3.11. The molecule has 0 atom stereocenters. The summed E-state index contributed by atoms with van der Waals surface area (Å²) in [6, 6.07) is 12.4. The van der Waals surface area contributed by atoms with Gasteiger partial charge in [-0.3, -0.25) is 9.78 Å². The second-order valence-electron chi connectivity index (χ2n) is 6.74. The first-order valence-corrected chi connectivity index (χ1v) is 9.98. The zero-order valence-electron chi connectivity index (χ0n) is 16.3. The average Bonchev–Trinajstić information content (AvgIpc) is 2.81. The number of hydrogen-bond donors (Lipinski definition) is 1. The van der Waals surface area contributed by atoms with Crippen molar-refractivity contribution in [2.75, 3.05) is 36.5 Å². The van der Waals surface area contributed by atoms with Crippen molar-refractivity contribution >= 4 is 29.0 Å². The highest BCUT2D eigenvalue weighted by Gasteiger charge is 2.15. The van der Waals surface area contributed by atoms with Gasteiger partial charge in [0.05, 0.1) is 19.4 Å². The van der Waals surface area contributed by atoms with E-state index in [1.807, 2.05) is 6.07 Å². The van der Waals surface area contributed by atoms with Crippen molar-refractivity contribution < 1.29 is 14.3 Å². The van der Waals surface area contributed by atoms with Crippen LogP contribution in [-0.2, 0) is 11.3 Å². The Morgan fingerprint density at radius 1 is 1.17 bits per heavy atom. The fraction of sp³-hybridized carbons (Fsp3) is 0.227. The lowest BCUT2D eigenvalue weighted by molar-refractivity contribution is 0.102. The molecule has 154 valence electrons. The van der Waals surface area contributed by atoms with Gasteiger partial charge in [0, 0.05) is 47.3 Å². The lowest BCUT2D eigenvalue weighted by Crippen LogP contribution is -2.36. The van der Waals surface area contributed by atoms with E-state index in [0.717, 1.165) is 24.5 Å². The number of morpholine rings is 1. The fourth-order valence-electron chi connectivity index (χ4n) is 3.08. The summed E-state index contributed by atoms with van der Waals surface area (Å²) in [5.41, 5.74) is 1.94. The van der Waals surface area contributed by atoms with Crippen molar-refractivity contribution in [3.63, 3.8) is 0 Å². The molecule has 1 fully saturated rings. The van der Waals surface area contributed by atoms with Gasteiger partial charge in [0.2, 0.25) is 0 Å². The molecule has 1 saturated heterocycles. The van der Waals surface area contributed by atoms with E-state index >= 15 is 0 Å². The van der Waals surface area contributed by atoms with Crippen molar-refractivity contribution in [3.05, 3.63) is 77.2 Å². The molecule has 1 amide bonds. The Bertz CT molecular complexity index is 1010. The van der Waals surface area contributed by atoms with Gasteiger partial charge in [-0.1, -0.05) is 11.6 Å². The quantitative estimate of drug-likeness (QED) is 0.648. The maximum Gasteiger partial charge on any atom is 0.255 e. The first-order chi connectivity index (χ1) is 14.7. The van der Waals surface area contributed by atoms with Gasteiger partial charge in [0.25, 0.3) is 5.91 Å². The molecular formula is C22H21ClN4O3. The molecular weight excluding hydrogens is 404 g/mol. The van der Waals surface area contributed by atoms with Gasteiger partial charge in [-0.25, -0.2) is 4.98 Å². The summed E-state index contributed by atoms with van der Waals surface area (Å²) in [6.07, 6.45) is 4.96. The van der Waals surface area contributed by atoms with Gasteiger partial charge in [0.1, 0.15) is 18.2 Å². The summed E-state index contributed by atoms with van der Waals surface area (Å²) < 4.78 is 11.1. The van der Waals surface area contributed by atoms with E-state index in [-0.39, 0.29) is 12.5 Å². The normalized spacial score (nSPS) is 13.7. The number of carbonyl (C=O) groups is 1. The molecule has 2 aromatic heterocycles. The van der Waals surface area contributed by atoms with Crippen LogP contribution in [0, 0.1) is 0 Å². The summed E-state index contributed by atoms with van der Waals surface area (Å²) in [7, 11) is 0. The maximum atomic E-state index is 12.8. The third-order valence-electron chi connectivity index (χ3n) is 4.68. The third-order valence-corrected chi connectivity index (χ3v) is 5.04. The number of nitrogens with zero attached hydrogens (tertiary/aromatic N) is 3. The topological polar surface area (TPSA) is 76.6 Å². The highest BCUT2D eigenvalue weighted by atomic mass is 35.5. The second kappa shape index (κ2) is 9.56. The number of halogens is 1. The Balaban J connectivity index is 1.44. The molecule has 1 aliphatic heterocycles. The zero-order chi connectivity index (χ0) is 20.8. The van der Waals surface area contributed by atoms with Crippen molar-refractivity contribution in [1.29, 1.82) is 0 Å². The van der Waals surface area contributed by atoms with Crippen molar-refractivity contribution in [3.8, 4) is 5.75 Å². The second-order valence-corrected chi connectivity index (χ2v) is 7.15. The average molecular weight is 425 g/mol. The Morgan fingerprint density at radius 2 is 2.03 bits per heavy atom. The molecule has 1 aromatic carbocycles. The van der Waals surface area contributed by atoms with Crippen LogP contribution in [-0.4, -0.2) is 42.2 Å². The van der Waals surface area contributed by atoms with Crippen LogP contribution in [0.5, 0.6) is 5.75 Å². The van der Waals surface area contributed by atoms with Gasteiger partial charge >= 0.3 is 0 Å². The molecule has 0 aliphatic carbocycles. The Kier molecular flexibility index (Phi) is 6.41. The van der Waals surface area contributed by atoms with Crippen LogP contribution in [0.1, 0.15) is 15.9 Å². The maximum absolute atomic E-state index is 12.8. The standard InChI is InChI=1S/C22H21ClN4O3/c23-20-4-3-18(12-17(20)15-30-19-2-1-6-24-14-19)26-22(28)16-5-7-25-21(13-16)27-8-10-29-11-9-27/h1-7,12-14H,8-11,15H2,(H,26,28). The number of amides is 1. The minimum absolute atomic E-state index is 0.214. The van der Waals surface area contributed by atoms with Crippen LogP contribution < -0.4 is 15.0 Å². The molecule has 0 saturated carbocycles. The Labute approximate surface area is 179 Å². The molecule has 1 aliphatic rings. The van der Waals surface area contributed by atoms with E-state index in [4.69, 9.17) is 21.1 Å². The fourth-order valence-corrected chi connectivity index (χ4v) is 3.26. The smallest absolute Gasteiger partial charge is 0.255 e. The Hall–Kier alpha value is -3.16. The van der Waals surface area contributed by atoms with E-state index in [2.05, 4.69) is 20.2 Å². The number of aromatic nitrogens is 2. The van der Waals surface area contributed by atoms with Crippen LogP contribution in [0.4, 0.5) is 11.5 Å². The van der Waals surface area contributed by atoms with Crippen LogP contribution in [0.2, 0.25) is 5.02 Å². The Morgan fingerprint density at radius 3 is 2.83 bits per heavy atom. The SMILES string of the molecule is O=C(Nc1ccc(Cl)c(COc2cccnc2)c1)c1ccnc(N2CCOCC2)c1. The van der Waals surface area contributed by atoms with Crippen LogP contribution in [0.15, 0.2) is 61.1 Å². The number of nitrogens with one attached hydrogen (secondary N) is 1. The monoisotopic (exact) mass is 424 g/mol. The van der Waals surface area contributed by atoms with Gasteiger partial charge in [-0.05, 0) is 42.5 Å². The van der Waals surface area contributed by atoms with E-state index in [1.165, 1.54) is 0 Å². The molecule has 1 N–H and O–H groups in total. The van der Waals surface area contributed by atoms with Crippen molar-refractivity contribution in [2.24, 2.45) is 0 Å². The number of carbonyl (C=O) groups excluding carboxylic acids is 1. The van der Waals surface area contributed by atoms with Crippen molar-refractivity contribution in [2.45, 2.75) is 6.61 Å². The predicted octanol–water partition coefficient (Wildman–Crippen LogP) is 3.80. The molecule has 30 heavy (non-hydrogen) atoms. The number of hydrogen-bond acceptors (Lipinski definition) is 6. The number of anilines is 2. The minimum atomic E-state index is -0.214. The molecule has 0 unspecified atom stereocenters. The van der Waals surface area contributed by atoms with E-state index < -0.39 is 0 Å². The van der Waals surface area contributed by atoms with Gasteiger partial charge in [-0.15, -0.1) is 0 Å². The molecule has 0 bridgehead atoms. The minimum Gasteiger partial charge on any atom is -0.487 e. The molecule has 0 spiro atoms. The lowest BCUT2D eigenvalue weighted by atomic mass is 10.2. The number of rotatable bonds is 6. The third kappa shape index (κ3) is 5.06. The van der Waals surface area contributed by atoms with Gasteiger partial charge < -0.3 is 19.7 Å². The number of benzene rings is 1. The van der Waals surface area contributed by atoms with Gasteiger partial charge in [0.15, 0.2) is 0 Å².